The third-order valence-corrected chi connectivity index (χ3v) is 4.44. The molecular formula is C14H25N3. The lowest BCUT2D eigenvalue weighted by atomic mass is 9.75. The average molecular weight is 235 g/mol. The van der Waals surface area contributed by atoms with Gasteiger partial charge in [-0.05, 0) is 31.2 Å². The Hall–Kier alpha value is -0.830. The van der Waals surface area contributed by atoms with Crippen LogP contribution in [0.3, 0.4) is 0 Å². The van der Waals surface area contributed by atoms with Crippen molar-refractivity contribution in [3.05, 3.63) is 18.2 Å². The summed E-state index contributed by atoms with van der Waals surface area (Å²) in [6.07, 6.45) is 10.6. The van der Waals surface area contributed by atoms with E-state index in [0.29, 0.717) is 11.5 Å². The molecule has 0 aromatic carbocycles. The third kappa shape index (κ3) is 2.25. The lowest BCUT2D eigenvalue weighted by Crippen LogP contribution is -2.37. The van der Waals surface area contributed by atoms with Crippen LogP contribution in [0, 0.1) is 5.41 Å². The van der Waals surface area contributed by atoms with Gasteiger partial charge in [0.2, 0.25) is 0 Å². The molecule has 1 saturated carbocycles. The number of nitrogens with one attached hydrogen (secondary N) is 1. The van der Waals surface area contributed by atoms with E-state index in [9.17, 15) is 0 Å². The minimum absolute atomic E-state index is 0.417. The number of nitrogens with zero attached hydrogens (tertiary/aromatic N) is 2. The summed E-state index contributed by atoms with van der Waals surface area (Å²) in [5.41, 5.74) is 0.426. The fourth-order valence-electron chi connectivity index (χ4n) is 3.37. The van der Waals surface area contributed by atoms with Crippen LogP contribution in [0.15, 0.2) is 12.4 Å². The molecule has 2 rings (SSSR count). The van der Waals surface area contributed by atoms with Crippen LogP contribution in [0.1, 0.15) is 57.8 Å². The van der Waals surface area contributed by atoms with E-state index >= 15 is 0 Å². The van der Waals surface area contributed by atoms with E-state index in [2.05, 4.69) is 42.0 Å². The Bertz CT molecular complexity index is 350. The summed E-state index contributed by atoms with van der Waals surface area (Å²) in [5.74, 6) is 1.20. The van der Waals surface area contributed by atoms with Crippen molar-refractivity contribution >= 4 is 0 Å². The second kappa shape index (κ2) is 5.21. The van der Waals surface area contributed by atoms with Gasteiger partial charge in [0.1, 0.15) is 5.82 Å². The van der Waals surface area contributed by atoms with Crippen molar-refractivity contribution in [1.29, 1.82) is 0 Å². The Kier molecular flexibility index (Phi) is 3.87. The first kappa shape index (κ1) is 12.6. The van der Waals surface area contributed by atoms with Crippen LogP contribution in [-0.2, 0) is 7.05 Å². The van der Waals surface area contributed by atoms with Gasteiger partial charge < -0.3 is 9.88 Å². The third-order valence-electron chi connectivity index (χ3n) is 4.44. The first-order valence-corrected chi connectivity index (χ1v) is 6.94. The van der Waals surface area contributed by atoms with Gasteiger partial charge in [-0.3, -0.25) is 0 Å². The van der Waals surface area contributed by atoms with Crippen molar-refractivity contribution in [2.75, 3.05) is 6.54 Å². The van der Waals surface area contributed by atoms with Crippen molar-refractivity contribution in [3.8, 4) is 0 Å². The quantitative estimate of drug-likeness (QED) is 0.850. The maximum Gasteiger partial charge on any atom is 0.126 e. The molecule has 3 nitrogen and oxygen atoms in total. The smallest absolute Gasteiger partial charge is 0.126 e. The molecule has 1 fully saturated rings. The highest BCUT2D eigenvalue weighted by atomic mass is 15.1. The van der Waals surface area contributed by atoms with E-state index in [1.807, 2.05) is 6.20 Å². The zero-order chi connectivity index (χ0) is 12.3. The molecule has 0 radical (unpaired) electrons. The highest BCUT2D eigenvalue weighted by Gasteiger charge is 2.41. The van der Waals surface area contributed by atoms with Gasteiger partial charge in [0, 0.05) is 19.4 Å². The van der Waals surface area contributed by atoms with Crippen molar-refractivity contribution < 1.29 is 0 Å². The molecular weight excluding hydrogens is 210 g/mol. The molecule has 1 heterocycles. The first-order valence-electron chi connectivity index (χ1n) is 6.94. The molecule has 0 spiro atoms. The van der Waals surface area contributed by atoms with Gasteiger partial charge in [-0.2, -0.15) is 0 Å². The topological polar surface area (TPSA) is 29.9 Å². The number of aromatic nitrogens is 2. The molecule has 1 unspecified atom stereocenters. The van der Waals surface area contributed by atoms with E-state index in [1.54, 1.807) is 0 Å². The van der Waals surface area contributed by atoms with Gasteiger partial charge in [-0.25, -0.2) is 4.98 Å². The summed E-state index contributed by atoms with van der Waals surface area (Å²) in [5, 5.41) is 3.68. The van der Waals surface area contributed by atoms with Crippen LogP contribution in [0.5, 0.6) is 0 Å². The molecule has 1 atom stereocenters. The van der Waals surface area contributed by atoms with Crippen molar-refractivity contribution in [2.45, 2.75) is 52.0 Å². The SMILES string of the molecule is CCNC(c1nccn1C)C1(CC)CCCC1. The predicted molar refractivity (Wildman–Crippen MR) is 70.8 cm³/mol. The standard InChI is InChI=1S/C14H25N3/c1-4-14(8-6-7-9-14)12(15-5-2)13-16-10-11-17(13)3/h10-12,15H,4-9H2,1-3H3. The molecule has 0 bridgehead atoms. The van der Waals surface area contributed by atoms with Crippen LogP contribution in [0.4, 0.5) is 0 Å². The Morgan fingerprint density at radius 2 is 2.12 bits per heavy atom. The summed E-state index contributed by atoms with van der Waals surface area (Å²) >= 11 is 0. The van der Waals surface area contributed by atoms with Crippen molar-refractivity contribution in [2.24, 2.45) is 12.5 Å². The second-order valence-corrected chi connectivity index (χ2v) is 5.31. The number of aryl methyl sites for hydroxylation is 1. The lowest BCUT2D eigenvalue weighted by molar-refractivity contribution is 0.179. The fourth-order valence-corrected chi connectivity index (χ4v) is 3.37. The lowest BCUT2D eigenvalue weighted by Gasteiger charge is -2.37. The number of imidazole rings is 1. The summed E-state index contributed by atoms with van der Waals surface area (Å²) in [6.45, 7) is 5.53. The predicted octanol–water partition coefficient (Wildman–Crippen LogP) is 3.04. The van der Waals surface area contributed by atoms with Gasteiger partial charge in [0.25, 0.3) is 0 Å². The number of hydrogen-bond acceptors (Lipinski definition) is 2. The fraction of sp³-hybridized carbons (Fsp3) is 0.786. The average Bonchev–Trinajstić information content (AvgIpc) is 2.96. The molecule has 1 aliphatic rings. The van der Waals surface area contributed by atoms with Gasteiger partial charge in [-0.15, -0.1) is 0 Å². The molecule has 1 N–H and O–H groups in total. The van der Waals surface area contributed by atoms with Crippen LogP contribution in [-0.4, -0.2) is 16.1 Å². The van der Waals surface area contributed by atoms with E-state index in [-0.39, 0.29) is 0 Å². The molecule has 17 heavy (non-hydrogen) atoms. The molecule has 1 aliphatic carbocycles. The summed E-state index contributed by atoms with van der Waals surface area (Å²) < 4.78 is 2.17. The van der Waals surface area contributed by atoms with Crippen molar-refractivity contribution in [1.82, 2.24) is 14.9 Å². The minimum atomic E-state index is 0.417. The summed E-state index contributed by atoms with van der Waals surface area (Å²) in [7, 11) is 2.10. The van der Waals surface area contributed by atoms with E-state index in [4.69, 9.17) is 0 Å². The van der Waals surface area contributed by atoms with Crippen LogP contribution < -0.4 is 5.32 Å². The molecule has 0 amide bonds. The van der Waals surface area contributed by atoms with E-state index < -0.39 is 0 Å². The zero-order valence-corrected chi connectivity index (χ0v) is 11.4. The summed E-state index contributed by atoms with van der Waals surface area (Å²) in [4.78, 5) is 4.57. The molecule has 1 aromatic heterocycles. The van der Waals surface area contributed by atoms with E-state index in [0.717, 1.165) is 6.54 Å². The van der Waals surface area contributed by atoms with Gasteiger partial charge in [0.05, 0.1) is 6.04 Å². The monoisotopic (exact) mass is 235 g/mol. The Labute approximate surface area is 105 Å². The molecule has 0 aliphatic heterocycles. The minimum Gasteiger partial charge on any atom is -0.337 e. The highest BCUT2D eigenvalue weighted by Crippen LogP contribution is 2.49. The highest BCUT2D eigenvalue weighted by molar-refractivity contribution is 5.07. The Morgan fingerprint density at radius 3 is 2.59 bits per heavy atom. The number of rotatable bonds is 5. The van der Waals surface area contributed by atoms with Gasteiger partial charge in [-0.1, -0.05) is 26.7 Å². The molecule has 0 saturated heterocycles. The summed E-state index contributed by atoms with van der Waals surface area (Å²) in [6, 6.07) is 0.417. The Balaban J connectivity index is 2.31. The Morgan fingerprint density at radius 1 is 1.41 bits per heavy atom. The maximum atomic E-state index is 4.57. The molecule has 96 valence electrons. The van der Waals surface area contributed by atoms with Gasteiger partial charge >= 0.3 is 0 Å². The maximum absolute atomic E-state index is 4.57. The normalized spacial score (nSPS) is 20.6. The second-order valence-electron chi connectivity index (χ2n) is 5.31. The number of hydrogen-bond donors (Lipinski definition) is 1. The largest absolute Gasteiger partial charge is 0.337 e. The van der Waals surface area contributed by atoms with Crippen molar-refractivity contribution in [3.63, 3.8) is 0 Å². The zero-order valence-electron chi connectivity index (χ0n) is 11.4. The van der Waals surface area contributed by atoms with Gasteiger partial charge in [0.15, 0.2) is 0 Å². The van der Waals surface area contributed by atoms with Crippen LogP contribution in [0.25, 0.3) is 0 Å². The molecule has 3 heteroatoms. The van der Waals surface area contributed by atoms with E-state index in [1.165, 1.54) is 37.9 Å². The van der Waals surface area contributed by atoms with Crippen LogP contribution in [0.2, 0.25) is 0 Å². The van der Waals surface area contributed by atoms with Crippen LogP contribution >= 0.6 is 0 Å². The molecule has 1 aromatic rings. The first-order chi connectivity index (χ1) is 8.23.